The maximum Gasteiger partial charge on any atom is 0.418 e. The van der Waals surface area contributed by atoms with Gasteiger partial charge in [-0.15, -0.1) is 10.2 Å². The fourth-order valence-electron chi connectivity index (χ4n) is 3.31. The number of anilines is 3. The molecule has 4 heterocycles. The maximum absolute atomic E-state index is 14.0. The summed E-state index contributed by atoms with van der Waals surface area (Å²) in [5.74, 6) is -0.456. The van der Waals surface area contributed by atoms with Crippen LogP contribution in [0.1, 0.15) is 11.1 Å². The van der Waals surface area contributed by atoms with Crippen molar-refractivity contribution in [1.82, 2.24) is 35.0 Å². The Morgan fingerprint density at radius 2 is 1.67 bits per heavy atom. The maximum atomic E-state index is 14.0. The molecule has 0 saturated heterocycles. The summed E-state index contributed by atoms with van der Waals surface area (Å²) in [6, 6.07) is 4.18. The molecular weight excluding hydrogens is 532 g/mol. The second kappa shape index (κ2) is 10.3. The van der Waals surface area contributed by atoms with Crippen LogP contribution in [0.15, 0.2) is 42.9 Å². The van der Waals surface area contributed by atoms with Crippen LogP contribution < -0.4 is 10.2 Å². The van der Waals surface area contributed by atoms with Gasteiger partial charge in [-0.1, -0.05) is 0 Å². The number of amides is 1. The minimum absolute atomic E-state index is 0.0582. The number of likely N-dealkylation sites (N-methyl/N-ethyl adjacent to an activating group) is 2. The largest absolute Gasteiger partial charge is 0.418 e. The highest BCUT2D eigenvalue weighted by molar-refractivity contribution is 5.87. The normalized spacial score (nSPS) is 11.9. The number of halogens is 6. The molecule has 0 saturated carbocycles. The number of rotatable bonds is 6. The van der Waals surface area contributed by atoms with Crippen molar-refractivity contribution in [2.45, 2.75) is 12.4 Å². The summed E-state index contributed by atoms with van der Waals surface area (Å²) in [6.07, 6.45) is -6.39. The van der Waals surface area contributed by atoms with Crippen molar-refractivity contribution in [3.63, 3.8) is 0 Å². The standard InChI is InChI=1S/C23H19F6N9O/c1-37(2)18(39)11-38(3)17-8-13(23(27,28)29)19(36-35-17)15-10-32-20-14(6-7-30-21(20)34-15)33-16-5-4-12(9-31-16)22(24,25)26/h4-10H,11H2,1-3H3,(H,30,31,33,34). The minimum atomic E-state index is -4.84. The van der Waals surface area contributed by atoms with E-state index in [1.807, 2.05) is 0 Å². The van der Waals surface area contributed by atoms with Gasteiger partial charge in [-0.3, -0.25) is 4.79 Å². The highest BCUT2D eigenvalue weighted by Crippen LogP contribution is 2.37. The van der Waals surface area contributed by atoms with Crippen LogP contribution in [0.2, 0.25) is 0 Å². The van der Waals surface area contributed by atoms with E-state index in [1.54, 1.807) is 0 Å². The van der Waals surface area contributed by atoms with Gasteiger partial charge in [0.1, 0.15) is 22.7 Å². The monoisotopic (exact) mass is 551 g/mol. The summed E-state index contributed by atoms with van der Waals surface area (Å²) in [5.41, 5.74) is -2.61. The first-order valence-corrected chi connectivity index (χ1v) is 11.0. The van der Waals surface area contributed by atoms with Gasteiger partial charge in [0.2, 0.25) is 5.91 Å². The molecule has 4 aromatic rings. The number of hydrogen-bond acceptors (Lipinski definition) is 9. The van der Waals surface area contributed by atoms with Gasteiger partial charge in [0.15, 0.2) is 11.5 Å². The molecule has 0 bridgehead atoms. The summed E-state index contributed by atoms with van der Waals surface area (Å²) < 4.78 is 80.3. The molecule has 0 aliphatic rings. The lowest BCUT2D eigenvalue weighted by Crippen LogP contribution is -2.35. The number of carbonyl (C=O) groups is 1. The second-order valence-corrected chi connectivity index (χ2v) is 8.45. The number of hydrogen-bond donors (Lipinski definition) is 1. The van der Waals surface area contributed by atoms with Crippen LogP contribution in [0.5, 0.6) is 0 Å². The molecule has 0 aliphatic heterocycles. The van der Waals surface area contributed by atoms with Crippen molar-refractivity contribution < 1.29 is 31.1 Å². The van der Waals surface area contributed by atoms with Crippen molar-refractivity contribution in [2.24, 2.45) is 0 Å². The number of nitrogens with one attached hydrogen (secondary N) is 1. The first kappa shape index (κ1) is 27.4. The first-order valence-electron chi connectivity index (χ1n) is 11.0. The van der Waals surface area contributed by atoms with E-state index in [0.29, 0.717) is 6.20 Å². The van der Waals surface area contributed by atoms with Crippen molar-refractivity contribution >= 4 is 34.4 Å². The third-order valence-electron chi connectivity index (χ3n) is 5.39. The van der Waals surface area contributed by atoms with E-state index in [-0.39, 0.29) is 46.6 Å². The van der Waals surface area contributed by atoms with E-state index in [1.165, 1.54) is 43.2 Å². The highest BCUT2D eigenvalue weighted by atomic mass is 19.4. The molecule has 0 spiro atoms. The van der Waals surface area contributed by atoms with Crippen molar-refractivity contribution in [3.05, 3.63) is 54.0 Å². The van der Waals surface area contributed by atoms with E-state index in [9.17, 15) is 31.1 Å². The fraction of sp³-hybridized carbons (Fsp3) is 0.261. The first-order chi connectivity index (χ1) is 18.2. The lowest BCUT2D eigenvalue weighted by atomic mass is 10.1. The highest BCUT2D eigenvalue weighted by Gasteiger charge is 2.36. The molecule has 204 valence electrons. The minimum Gasteiger partial charge on any atom is -0.349 e. The third kappa shape index (κ3) is 6.10. The number of carbonyl (C=O) groups excluding carboxylic acids is 1. The van der Waals surface area contributed by atoms with Crippen LogP contribution in [-0.4, -0.2) is 68.6 Å². The molecule has 1 amide bonds. The Kier molecular flexibility index (Phi) is 7.21. The van der Waals surface area contributed by atoms with Gasteiger partial charge in [0, 0.05) is 33.5 Å². The Labute approximate surface area is 216 Å². The zero-order valence-corrected chi connectivity index (χ0v) is 20.5. The smallest absolute Gasteiger partial charge is 0.349 e. The average molecular weight is 551 g/mol. The van der Waals surface area contributed by atoms with Crippen LogP contribution in [0.3, 0.4) is 0 Å². The average Bonchev–Trinajstić information content (AvgIpc) is 2.87. The van der Waals surface area contributed by atoms with E-state index in [4.69, 9.17) is 0 Å². The zero-order valence-electron chi connectivity index (χ0n) is 20.5. The molecule has 0 fully saturated rings. The van der Waals surface area contributed by atoms with Gasteiger partial charge in [-0.05, 0) is 24.3 Å². The van der Waals surface area contributed by atoms with Gasteiger partial charge in [-0.25, -0.2) is 19.9 Å². The molecule has 4 aromatic heterocycles. The molecule has 16 heteroatoms. The van der Waals surface area contributed by atoms with Crippen molar-refractivity contribution in [1.29, 1.82) is 0 Å². The van der Waals surface area contributed by atoms with Crippen LogP contribution in [0.4, 0.5) is 43.7 Å². The zero-order chi connectivity index (χ0) is 28.5. The Morgan fingerprint density at radius 3 is 2.28 bits per heavy atom. The van der Waals surface area contributed by atoms with Gasteiger partial charge in [0.05, 0.1) is 29.6 Å². The Balaban J connectivity index is 1.68. The van der Waals surface area contributed by atoms with Crippen LogP contribution >= 0.6 is 0 Å². The van der Waals surface area contributed by atoms with Crippen molar-refractivity contribution in [2.75, 3.05) is 37.9 Å². The topological polar surface area (TPSA) is 113 Å². The number of fused-ring (bicyclic) bond motifs is 1. The third-order valence-corrected chi connectivity index (χ3v) is 5.39. The molecule has 0 atom stereocenters. The van der Waals surface area contributed by atoms with Crippen LogP contribution in [-0.2, 0) is 17.1 Å². The predicted octanol–water partition coefficient (Wildman–Crippen LogP) is 4.18. The number of aromatic nitrogens is 6. The molecule has 4 rings (SSSR count). The van der Waals surface area contributed by atoms with Gasteiger partial charge < -0.3 is 15.1 Å². The van der Waals surface area contributed by atoms with E-state index in [0.717, 1.165) is 24.4 Å². The molecule has 0 aliphatic carbocycles. The Bertz CT molecular complexity index is 1510. The Hall–Kier alpha value is -4.63. The summed E-state index contributed by atoms with van der Waals surface area (Å²) in [5, 5.41) is 10.4. The molecule has 1 N–H and O–H groups in total. The molecule has 0 unspecified atom stereocenters. The second-order valence-electron chi connectivity index (χ2n) is 8.45. The lowest BCUT2D eigenvalue weighted by molar-refractivity contribution is -0.138. The molecule has 0 aromatic carbocycles. The Morgan fingerprint density at radius 1 is 0.923 bits per heavy atom. The van der Waals surface area contributed by atoms with E-state index < -0.39 is 29.2 Å². The summed E-state index contributed by atoms with van der Waals surface area (Å²) in [6.45, 7) is -0.221. The predicted molar refractivity (Wildman–Crippen MR) is 128 cm³/mol. The quantitative estimate of drug-likeness (QED) is 0.353. The number of alkyl halides is 6. The van der Waals surface area contributed by atoms with Crippen molar-refractivity contribution in [3.8, 4) is 11.4 Å². The molecule has 0 radical (unpaired) electrons. The summed E-state index contributed by atoms with van der Waals surface area (Å²) in [4.78, 5) is 30.6. The van der Waals surface area contributed by atoms with Gasteiger partial charge >= 0.3 is 12.4 Å². The lowest BCUT2D eigenvalue weighted by Gasteiger charge is -2.21. The molecule has 39 heavy (non-hydrogen) atoms. The summed E-state index contributed by atoms with van der Waals surface area (Å²) in [7, 11) is 4.43. The SMILES string of the molecule is CN(C)C(=O)CN(C)c1cc(C(F)(F)F)c(-c2cnc3c(Nc4ccc(C(F)(F)F)cn4)ccnc3n2)nn1. The number of pyridine rings is 2. The summed E-state index contributed by atoms with van der Waals surface area (Å²) >= 11 is 0. The number of nitrogens with zero attached hydrogens (tertiary/aromatic N) is 8. The van der Waals surface area contributed by atoms with E-state index in [2.05, 4.69) is 35.5 Å². The molecule has 10 nitrogen and oxygen atoms in total. The van der Waals surface area contributed by atoms with Gasteiger partial charge in [0.25, 0.3) is 0 Å². The molecular formula is C23H19F6N9O. The van der Waals surface area contributed by atoms with E-state index >= 15 is 0 Å². The van der Waals surface area contributed by atoms with Gasteiger partial charge in [-0.2, -0.15) is 26.3 Å². The fourth-order valence-corrected chi connectivity index (χ4v) is 3.31. The van der Waals surface area contributed by atoms with Crippen LogP contribution in [0, 0.1) is 0 Å². The van der Waals surface area contributed by atoms with Crippen LogP contribution in [0.25, 0.3) is 22.6 Å².